The van der Waals surface area contributed by atoms with Crippen molar-refractivity contribution >= 4 is 5.69 Å². The van der Waals surface area contributed by atoms with Crippen molar-refractivity contribution in [2.45, 2.75) is 25.8 Å². The van der Waals surface area contributed by atoms with Crippen LogP contribution in [-0.4, -0.2) is 31.1 Å². The number of nitrogens with one attached hydrogen (secondary N) is 1. The minimum absolute atomic E-state index is 0.160. The number of likely N-dealkylation sites (tertiary alicyclic amines) is 1. The molecule has 1 aliphatic heterocycles. The summed E-state index contributed by atoms with van der Waals surface area (Å²) in [6.45, 7) is 4.45. The van der Waals surface area contributed by atoms with E-state index in [1.54, 1.807) is 12.1 Å². The van der Waals surface area contributed by atoms with Gasteiger partial charge in [-0.25, -0.2) is 4.39 Å². The summed E-state index contributed by atoms with van der Waals surface area (Å²) in [4.78, 5) is 2.35. The van der Waals surface area contributed by atoms with Crippen LogP contribution in [0, 0.1) is 11.7 Å². The van der Waals surface area contributed by atoms with Crippen LogP contribution in [-0.2, 0) is 0 Å². The van der Waals surface area contributed by atoms with Gasteiger partial charge in [-0.1, -0.05) is 12.1 Å². The van der Waals surface area contributed by atoms with Crippen molar-refractivity contribution in [1.82, 2.24) is 4.90 Å². The lowest BCUT2D eigenvalue weighted by Crippen LogP contribution is -2.37. The number of para-hydroxylation sites is 1. The third-order valence-corrected chi connectivity index (χ3v) is 3.73. The Morgan fingerprint density at radius 3 is 2.59 bits per heavy atom. The van der Waals surface area contributed by atoms with Crippen LogP contribution in [0.1, 0.15) is 19.8 Å². The van der Waals surface area contributed by atoms with E-state index in [-0.39, 0.29) is 5.82 Å². The van der Waals surface area contributed by atoms with Crippen molar-refractivity contribution in [3.8, 4) is 0 Å². The van der Waals surface area contributed by atoms with Crippen molar-refractivity contribution in [3.05, 3.63) is 30.1 Å². The van der Waals surface area contributed by atoms with Gasteiger partial charge in [0.2, 0.25) is 0 Å². The average Bonchev–Trinajstić information content (AvgIpc) is 2.33. The summed E-state index contributed by atoms with van der Waals surface area (Å²) in [6, 6.07) is 7.23. The van der Waals surface area contributed by atoms with Crippen LogP contribution in [0.2, 0.25) is 0 Å². The van der Waals surface area contributed by atoms with Crippen LogP contribution >= 0.6 is 0 Å². The van der Waals surface area contributed by atoms with Gasteiger partial charge in [0.25, 0.3) is 0 Å². The number of anilines is 1. The molecule has 0 saturated carbocycles. The summed E-state index contributed by atoms with van der Waals surface area (Å²) >= 11 is 0. The molecule has 1 heterocycles. The van der Waals surface area contributed by atoms with Crippen molar-refractivity contribution in [1.29, 1.82) is 0 Å². The summed E-state index contributed by atoms with van der Waals surface area (Å²) in [5, 5.41) is 3.30. The van der Waals surface area contributed by atoms with Crippen LogP contribution in [0.15, 0.2) is 24.3 Å². The molecule has 1 atom stereocenters. The second-order valence-electron chi connectivity index (χ2n) is 5.05. The standard InChI is InChI=1S/C14H21FN2/c1-11(12-7-9-17(2)10-8-12)16-14-6-4-3-5-13(14)15/h3-6,11-12,16H,7-10H2,1-2H3. The maximum Gasteiger partial charge on any atom is 0.146 e. The van der Waals surface area contributed by atoms with E-state index in [9.17, 15) is 4.39 Å². The third-order valence-electron chi connectivity index (χ3n) is 3.73. The van der Waals surface area contributed by atoms with E-state index in [1.807, 2.05) is 6.07 Å². The third kappa shape index (κ3) is 3.19. The van der Waals surface area contributed by atoms with Gasteiger partial charge in [-0.2, -0.15) is 0 Å². The number of benzene rings is 1. The number of piperidine rings is 1. The topological polar surface area (TPSA) is 15.3 Å². The first-order valence-corrected chi connectivity index (χ1v) is 6.36. The summed E-state index contributed by atoms with van der Waals surface area (Å²) in [7, 11) is 2.16. The van der Waals surface area contributed by atoms with Gasteiger partial charge in [0.05, 0.1) is 5.69 Å². The van der Waals surface area contributed by atoms with Crippen molar-refractivity contribution in [3.63, 3.8) is 0 Å². The summed E-state index contributed by atoms with van der Waals surface area (Å²) in [5.74, 6) is 0.484. The molecule has 1 fully saturated rings. The second-order valence-corrected chi connectivity index (χ2v) is 5.05. The fraction of sp³-hybridized carbons (Fsp3) is 0.571. The SMILES string of the molecule is CC(Nc1ccccc1F)C1CCN(C)CC1. The van der Waals surface area contributed by atoms with Gasteiger partial charge in [-0.15, -0.1) is 0 Å². The van der Waals surface area contributed by atoms with E-state index in [2.05, 4.69) is 24.2 Å². The fourth-order valence-corrected chi connectivity index (χ4v) is 2.47. The first-order valence-electron chi connectivity index (χ1n) is 6.36. The number of nitrogens with zero attached hydrogens (tertiary/aromatic N) is 1. The molecule has 3 heteroatoms. The zero-order chi connectivity index (χ0) is 12.3. The Morgan fingerprint density at radius 1 is 1.29 bits per heavy atom. The number of halogens is 1. The smallest absolute Gasteiger partial charge is 0.146 e. The van der Waals surface area contributed by atoms with E-state index in [0.29, 0.717) is 17.6 Å². The van der Waals surface area contributed by atoms with Crippen LogP contribution in [0.25, 0.3) is 0 Å². The molecule has 1 N–H and O–H groups in total. The number of rotatable bonds is 3. The van der Waals surface area contributed by atoms with Crippen molar-refractivity contribution in [2.24, 2.45) is 5.92 Å². The van der Waals surface area contributed by atoms with Crippen LogP contribution in [0.4, 0.5) is 10.1 Å². The highest BCUT2D eigenvalue weighted by molar-refractivity contribution is 5.45. The number of hydrogen-bond acceptors (Lipinski definition) is 2. The van der Waals surface area contributed by atoms with Gasteiger partial charge in [-0.05, 0) is 58.0 Å². The quantitative estimate of drug-likeness (QED) is 0.868. The van der Waals surface area contributed by atoms with Crippen LogP contribution < -0.4 is 5.32 Å². The molecule has 2 nitrogen and oxygen atoms in total. The molecule has 1 unspecified atom stereocenters. The Bertz CT molecular complexity index is 359. The van der Waals surface area contributed by atoms with Crippen molar-refractivity contribution in [2.75, 3.05) is 25.5 Å². The molecule has 1 aliphatic rings. The van der Waals surface area contributed by atoms with Gasteiger partial charge < -0.3 is 10.2 Å². The Kier molecular flexibility index (Phi) is 4.00. The maximum atomic E-state index is 13.5. The molecule has 0 aromatic heterocycles. The largest absolute Gasteiger partial charge is 0.380 e. The first kappa shape index (κ1) is 12.4. The van der Waals surface area contributed by atoms with E-state index < -0.39 is 0 Å². The summed E-state index contributed by atoms with van der Waals surface area (Å²) in [6.07, 6.45) is 2.39. The zero-order valence-corrected chi connectivity index (χ0v) is 10.6. The molecule has 0 amide bonds. The molecule has 94 valence electrons. The molecular formula is C14H21FN2. The molecule has 2 rings (SSSR count). The lowest BCUT2D eigenvalue weighted by atomic mass is 9.90. The minimum Gasteiger partial charge on any atom is -0.380 e. The molecule has 0 aliphatic carbocycles. The summed E-state index contributed by atoms with van der Waals surface area (Å²) in [5.41, 5.74) is 0.624. The Labute approximate surface area is 103 Å². The lowest BCUT2D eigenvalue weighted by Gasteiger charge is -2.33. The van der Waals surface area contributed by atoms with E-state index in [4.69, 9.17) is 0 Å². The number of hydrogen-bond donors (Lipinski definition) is 1. The van der Waals surface area contributed by atoms with E-state index in [1.165, 1.54) is 18.9 Å². The summed E-state index contributed by atoms with van der Waals surface area (Å²) < 4.78 is 13.5. The normalized spacial score (nSPS) is 20.2. The average molecular weight is 236 g/mol. The van der Waals surface area contributed by atoms with Gasteiger partial charge in [0.15, 0.2) is 0 Å². The van der Waals surface area contributed by atoms with Gasteiger partial charge in [0.1, 0.15) is 5.82 Å². The Morgan fingerprint density at radius 2 is 1.94 bits per heavy atom. The van der Waals surface area contributed by atoms with E-state index >= 15 is 0 Å². The monoisotopic (exact) mass is 236 g/mol. The van der Waals surface area contributed by atoms with Gasteiger partial charge >= 0.3 is 0 Å². The molecule has 17 heavy (non-hydrogen) atoms. The maximum absolute atomic E-state index is 13.5. The molecule has 1 saturated heterocycles. The minimum atomic E-state index is -0.160. The molecular weight excluding hydrogens is 215 g/mol. The van der Waals surface area contributed by atoms with Gasteiger partial charge in [-0.3, -0.25) is 0 Å². The Balaban J connectivity index is 1.93. The van der Waals surface area contributed by atoms with Gasteiger partial charge in [0, 0.05) is 6.04 Å². The highest BCUT2D eigenvalue weighted by Gasteiger charge is 2.22. The predicted octanol–water partition coefficient (Wildman–Crippen LogP) is 2.97. The second kappa shape index (κ2) is 5.50. The molecule has 1 aromatic carbocycles. The van der Waals surface area contributed by atoms with Crippen LogP contribution in [0.5, 0.6) is 0 Å². The highest BCUT2D eigenvalue weighted by Crippen LogP contribution is 2.23. The Hall–Kier alpha value is -1.09. The highest BCUT2D eigenvalue weighted by atomic mass is 19.1. The molecule has 0 bridgehead atoms. The lowest BCUT2D eigenvalue weighted by molar-refractivity contribution is 0.208. The fourth-order valence-electron chi connectivity index (χ4n) is 2.47. The van der Waals surface area contributed by atoms with Crippen molar-refractivity contribution < 1.29 is 4.39 Å². The zero-order valence-electron chi connectivity index (χ0n) is 10.6. The predicted molar refractivity (Wildman–Crippen MR) is 69.7 cm³/mol. The van der Waals surface area contributed by atoms with E-state index in [0.717, 1.165) is 13.1 Å². The molecule has 0 radical (unpaired) electrons. The van der Waals surface area contributed by atoms with Crippen LogP contribution in [0.3, 0.4) is 0 Å². The first-order chi connectivity index (χ1) is 8.16. The molecule has 1 aromatic rings. The molecule has 0 spiro atoms.